The van der Waals surface area contributed by atoms with Crippen molar-refractivity contribution in [1.82, 2.24) is 4.90 Å². The Hall–Kier alpha value is -1.50. The molecule has 24 heavy (non-hydrogen) atoms. The summed E-state index contributed by atoms with van der Waals surface area (Å²) in [7, 11) is 0. The van der Waals surface area contributed by atoms with Gasteiger partial charge in [0.1, 0.15) is 11.4 Å². The van der Waals surface area contributed by atoms with E-state index in [0.717, 1.165) is 10.0 Å². The summed E-state index contributed by atoms with van der Waals surface area (Å²) in [6, 6.07) is 13.9. The van der Waals surface area contributed by atoms with Gasteiger partial charge in [0, 0.05) is 15.2 Å². The van der Waals surface area contributed by atoms with Crippen molar-refractivity contribution in [2.45, 2.75) is 11.4 Å². The fourth-order valence-corrected chi connectivity index (χ4v) is 4.90. The van der Waals surface area contributed by atoms with E-state index in [1.54, 1.807) is 34.9 Å². The number of imide groups is 1. The number of urea groups is 1. The zero-order valence-corrected chi connectivity index (χ0v) is 15.5. The minimum absolute atomic E-state index is 0.167. The molecule has 2 aliphatic heterocycles. The van der Waals surface area contributed by atoms with Crippen LogP contribution in [0.3, 0.4) is 0 Å². The molecule has 0 N–H and O–H groups in total. The lowest BCUT2D eigenvalue weighted by molar-refractivity contribution is -0.119. The standard InChI is InChI=1S/C17H12BrClN2O2S/c18-11-4-6-13(7-5-11)20-15(22)14-9-24-16(21(14)17(20)23)10-2-1-3-12(19)8-10/h1-8,14,16H,9H2/t14-,16-/m1/s1. The van der Waals surface area contributed by atoms with Gasteiger partial charge >= 0.3 is 6.03 Å². The van der Waals surface area contributed by atoms with Crippen LogP contribution >= 0.6 is 39.3 Å². The lowest BCUT2D eigenvalue weighted by atomic mass is 10.2. The molecule has 2 aromatic carbocycles. The van der Waals surface area contributed by atoms with E-state index >= 15 is 0 Å². The number of fused-ring (bicyclic) bond motifs is 1. The van der Waals surface area contributed by atoms with E-state index in [4.69, 9.17) is 11.6 Å². The molecule has 2 saturated heterocycles. The summed E-state index contributed by atoms with van der Waals surface area (Å²) in [4.78, 5) is 28.6. The maximum atomic E-state index is 12.9. The zero-order valence-electron chi connectivity index (χ0n) is 12.4. The number of thioether (sulfide) groups is 1. The second-order valence-electron chi connectivity index (χ2n) is 5.60. The summed E-state index contributed by atoms with van der Waals surface area (Å²) in [5, 5.41) is 0.435. The third-order valence-corrected chi connectivity index (χ3v) is 6.22. The van der Waals surface area contributed by atoms with Crippen LogP contribution in [-0.2, 0) is 4.79 Å². The number of rotatable bonds is 2. The van der Waals surface area contributed by atoms with Crippen LogP contribution in [-0.4, -0.2) is 28.6 Å². The quantitative estimate of drug-likeness (QED) is 0.658. The van der Waals surface area contributed by atoms with Gasteiger partial charge in [-0.15, -0.1) is 11.8 Å². The summed E-state index contributed by atoms with van der Waals surface area (Å²) in [5.74, 6) is 0.425. The molecule has 2 aromatic rings. The van der Waals surface area contributed by atoms with Crippen LogP contribution in [0.5, 0.6) is 0 Å². The van der Waals surface area contributed by atoms with Crippen molar-refractivity contribution in [2.75, 3.05) is 10.7 Å². The molecule has 0 aliphatic carbocycles. The SMILES string of the molecule is O=C1[C@H]2CS[C@H](c3cccc(Cl)c3)N2C(=O)N1c1ccc(Br)cc1. The van der Waals surface area contributed by atoms with Gasteiger partial charge in [-0.1, -0.05) is 39.7 Å². The Kier molecular flexibility index (Phi) is 4.06. The summed E-state index contributed by atoms with van der Waals surface area (Å²) in [5.41, 5.74) is 1.53. The van der Waals surface area contributed by atoms with Crippen LogP contribution in [0.1, 0.15) is 10.9 Å². The lowest BCUT2D eigenvalue weighted by Crippen LogP contribution is -2.33. The maximum absolute atomic E-state index is 12.9. The molecule has 2 heterocycles. The van der Waals surface area contributed by atoms with E-state index in [1.165, 1.54) is 4.90 Å². The molecule has 0 aromatic heterocycles. The number of nitrogens with zero attached hydrogens (tertiary/aromatic N) is 2. The average molecular weight is 424 g/mol. The Labute approximate surface area is 156 Å². The number of anilines is 1. The van der Waals surface area contributed by atoms with Gasteiger partial charge in [-0.3, -0.25) is 9.69 Å². The number of halogens is 2. The first-order valence-electron chi connectivity index (χ1n) is 7.35. The topological polar surface area (TPSA) is 40.6 Å². The molecule has 3 amide bonds. The van der Waals surface area contributed by atoms with Crippen molar-refractivity contribution in [2.24, 2.45) is 0 Å². The van der Waals surface area contributed by atoms with Crippen molar-refractivity contribution in [1.29, 1.82) is 0 Å². The number of hydrogen-bond acceptors (Lipinski definition) is 3. The Bertz CT molecular complexity index is 830. The minimum Gasteiger partial charge on any atom is -0.295 e. The molecule has 2 fully saturated rings. The van der Waals surface area contributed by atoms with E-state index in [2.05, 4.69) is 15.9 Å². The van der Waals surface area contributed by atoms with Crippen molar-refractivity contribution in [3.05, 3.63) is 63.6 Å². The van der Waals surface area contributed by atoms with Crippen molar-refractivity contribution in [3.8, 4) is 0 Å². The summed E-state index contributed by atoms with van der Waals surface area (Å²) in [6.45, 7) is 0. The number of benzene rings is 2. The molecular weight excluding hydrogens is 412 g/mol. The molecule has 0 bridgehead atoms. The second kappa shape index (κ2) is 6.10. The van der Waals surface area contributed by atoms with Gasteiger partial charge in [-0.25, -0.2) is 9.69 Å². The Balaban J connectivity index is 1.69. The van der Waals surface area contributed by atoms with Crippen LogP contribution in [0.25, 0.3) is 0 Å². The van der Waals surface area contributed by atoms with Gasteiger partial charge in [0.25, 0.3) is 5.91 Å². The highest BCUT2D eigenvalue weighted by molar-refractivity contribution is 9.10. The molecule has 4 rings (SSSR count). The van der Waals surface area contributed by atoms with E-state index < -0.39 is 6.04 Å². The first-order chi connectivity index (χ1) is 11.6. The number of hydrogen-bond donors (Lipinski definition) is 0. The molecule has 122 valence electrons. The molecule has 4 nitrogen and oxygen atoms in total. The zero-order chi connectivity index (χ0) is 16.8. The number of carbonyl (C=O) groups excluding carboxylic acids is 2. The third-order valence-electron chi connectivity index (χ3n) is 4.14. The molecular formula is C17H12BrClN2O2S. The number of carbonyl (C=O) groups is 2. The maximum Gasteiger partial charge on any atom is 0.333 e. The van der Waals surface area contributed by atoms with E-state index in [1.807, 2.05) is 30.3 Å². The van der Waals surface area contributed by atoms with E-state index in [9.17, 15) is 9.59 Å². The average Bonchev–Trinajstić information content (AvgIpc) is 3.10. The smallest absolute Gasteiger partial charge is 0.295 e. The van der Waals surface area contributed by atoms with Crippen LogP contribution < -0.4 is 4.90 Å². The van der Waals surface area contributed by atoms with Crippen LogP contribution in [0.4, 0.5) is 10.5 Å². The molecule has 7 heteroatoms. The molecule has 0 spiro atoms. The monoisotopic (exact) mass is 422 g/mol. The van der Waals surface area contributed by atoms with E-state index in [0.29, 0.717) is 16.5 Å². The first-order valence-corrected chi connectivity index (χ1v) is 9.57. The Morgan fingerprint density at radius 3 is 2.58 bits per heavy atom. The summed E-state index contributed by atoms with van der Waals surface area (Å²) in [6.07, 6.45) is 0. The first kappa shape index (κ1) is 16.0. The van der Waals surface area contributed by atoms with Crippen molar-refractivity contribution in [3.63, 3.8) is 0 Å². The van der Waals surface area contributed by atoms with Gasteiger partial charge in [0.15, 0.2) is 0 Å². The molecule has 0 radical (unpaired) electrons. The molecule has 2 aliphatic rings. The fraction of sp³-hybridized carbons (Fsp3) is 0.176. The van der Waals surface area contributed by atoms with Gasteiger partial charge in [-0.05, 0) is 42.0 Å². The summed E-state index contributed by atoms with van der Waals surface area (Å²) < 4.78 is 0.901. The number of amides is 3. The van der Waals surface area contributed by atoms with Crippen LogP contribution in [0.15, 0.2) is 53.0 Å². The van der Waals surface area contributed by atoms with Crippen LogP contribution in [0, 0.1) is 0 Å². The van der Waals surface area contributed by atoms with Gasteiger partial charge < -0.3 is 0 Å². The normalized spacial score (nSPS) is 23.1. The lowest BCUT2D eigenvalue weighted by Gasteiger charge is -2.23. The summed E-state index contributed by atoms with van der Waals surface area (Å²) >= 11 is 11.0. The highest BCUT2D eigenvalue weighted by Gasteiger charge is 2.53. The second-order valence-corrected chi connectivity index (χ2v) is 8.06. The molecule has 0 unspecified atom stereocenters. The predicted molar refractivity (Wildman–Crippen MR) is 99.3 cm³/mol. The van der Waals surface area contributed by atoms with Gasteiger partial charge in [-0.2, -0.15) is 0 Å². The highest BCUT2D eigenvalue weighted by Crippen LogP contribution is 2.46. The van der Waals surface area contributed by atoms with Crippen molar-refractivity contribution >= 4 is 56.9 Å². The highest BCUT2D eigenvalue weighted by atomic mass is 79.9. The fourth-order valence-electron chi connectivity index (χ4n) is 3.03. The van der Waals surface area contributed by atoms with Crippen molar-refractivity contribution < 1.29 is 9.59 Å². The van der Waals surface area contributed by atoms with Gasteiger partial charge in [0.2, 0.25) is 0 Å². The third kappa shape index (κ3) is 2.53. The Morgan fingerprint density at radius 1 is 1.12 bits per heavy atom. The van der Waals surface area contributed by atoms with Gasteiger partial charge in [0.05, 0.1) is 5.69 Å². The molecule has 2 atom stereocenters. The largest absolute Gasteiger partial charge is 0.333 e. The van der Waals surface area contributed by atoms with E-state index in [-0.39, 0.29) is 17.3 Å². The molecule has 0 saturated carbocycles. The van der Waals surface area contributed by atoms with Crippen LogP contribution in [0.2, 0.25) is 5.02 Å². The Morgan fingerprint density at radius 2 is 1.88 bits per heavy atom. The minimum atomic E-state index is -0.421. The predicted octanol–water partition coefficient (Wildman–Crippen LogP) is 4.69.